The molecule has 1 fully saturated rings. The van der Waals surface area contributed by atoms with Gasteiger partial charge in [-0.25, -0.2) is 0 Å². The molecule has 5 nitrogen and oxygen atoms in total. The largest absolute Gasteiger partial charge is 0.573 e. The van der Waals surface area contributed by atoms with Crippen molar-refractivity contribution in [1.29, 1.82) is 0 Å². The number of halogens is 3. The van der Waals surface area contributed by atoms with Crippen molar-refractivity contribution >= 4 is 22.7 Å². The smallest absolute Gasteiger partial charge is 0.406 e. The van der Waals surface area contributed by atoms with E-state index in [1.165, 1.54) is 17.7 Å². The first-order valence-electron chi connectivity index (χ1n) is 9.63. The first-order valence-corrected chi connectivity index (χ1v) is 9.63. The second-order valence-corrected chi connectivity index (χ2v) is 7.62. The minimum Gasteiger partial charge on any atom is -0.406 e. The number of carbonyl (C=O) groups excluding carboxylic acids is 2. The van der Waals surface area contributed by atoms with Crippen molar-refractivity contribution in [1.82, 2.24) is 9.88 Å². The molecule has 2 amide bonds. The topological polar surface area (TPSA) is 60.3 Å². The van der Waals surface area contributed by atoms with Crippen molar-refractivity contribution in [2.45, 2.75) is 37.6 Å². The minimum atomic E-state index is -4.80. The lowest BCUT2D eigenvalue weighted by Crippen LogP contribution is -2.21. The van der Waals surface area contributed by atoms with Crippen LogP contribution in [0.1, 0.15) is 34.9 Å². The van der Waals surface area contributed by atoms with E-state index in [9.17, 15) is 22.8 Å². The maximum Gasteiger partial charge on any atom is 0.573 e. The van der Waals surface area contributed by atoms with Gasteiger partial charge in [-0.15, -0.1) is 13.2 Å². The Labute approximate surface area is 169 Å². The summed E-state index contributed by atoms with van der Waals surface area (Å²) in [6.07, 6.45) is -0.901. The average Bonchev–Trinajstić information content (AvgIpc) is 3.19. The number of amides is 2. The summed E-state index contributed by atoms with van der Waals surface area (Å²) < 4.78 is 43.3. The summed E-state index contributed by atoms with van der Waals surface area (Å²) in [7, 11) is 0. The van der Waals surface area contributed by atoms with Crippen LogP contribution in [-0.2, 0) is 22.6 Å². The summed E-state index contributed by atoms with van der Waals surface area (Å²) in [5.74, 6) is -2.80. The van der Waals surface area contributed by atoms with Crippen molar-refractivity contribution in [3.8, 4) is 5.75 Å². The fraction of sp³-hybridized carbons (Fsp3) is 0.273. The summed E-state index contributed by atoms with van der Waals surface area (Å²) in [5.41, 5.74) is 3.51. The van der Waals surface area contributed by atoms with Crippen LogP contribution < -0.4 is 10.1 Å². The number of imide groups is 1. The molecule has 0 bridgehead atoms. The number of rotatable bonds is 3. The number of aryl methyl sites for hydroxylation is 2. The molecule has 5 rings (SSSR count). The van der Waals surface area contributed by atoms with Gasteiger partial charge in [0.2, 0.25) is 11.8 Å². The molecule has 0 radical (unpaired) electrons. The fourth-order valence-corrected chi connectivity index (χ4v) is 4.65. The van der Waals surface area contributed by atoms with Gasteiger partial charge in [-0.2, -0.15) is 0 Å². The normalized spacial score (nSPS) is 21.2. The SMILES string of the molecule is O=C1NC(=O)[C@@H](c2cn3c4c(cccc24)CCC3)[C@@H]1c1ccc(OC(F)(F)F)cc1. The lowest BCUT2D eigenvalue weighted by atomic mass is 9.83. The Morgan fingerprint density at radius 3 is 2.47 bits per heavy atom. The molecule has 8 heteroatoms. The Balaban J connectivity index is 1.57. The molecular weight excluding hydrogens is 397 g/mol. The lowest BCUT2D eigenvalue weighted by molar-refractivity contribution is -0.274. The molecule has 154 valence electrons. The minimum absolute atomic E-state index is 0.375. The average molecular weight is 414 g/mol. The number of hydrogen-bond donors (Lipinski definition) is 1. The van der Waals surface area contributed by atoms with E-state index in [2.05, 4.69) is 20.7 Å². The molecule has 1 N–H and O–H groups in total. The van der Waals surface area contributed by atoms with Crippen LogP contribution in [0, 0.1) is 0 Å². The van der Waals surface area contributed by atoms with Gasteiger partial charge in [0.1, 0.15) is 5.75 Å². The van der Waals surface area contributed by atoms with Gasteiger partial charge in [0.25, 0.3) is 0 Å². The highest BCUT2D eigenvalue weighted by atomic mass is 19.4. The molecule has 2 aliphatic heterocycles. The maximum absolute atomic E-state index is 12.8. The van der Waals surface area contributed by atoms with E-state index in [1.807, 2.05) is 18.3 Å². The zero-order valence-electron chi connectivity index (χ0n) is 15.7. The summed E-state index contributed by atoms with van der Waals surface area (Å²) in [6, 6.07) is 11.1. The number of hydrogen-bond acceptors (Lipinski definition) is 3. The van der Waals surface area contributed by atoms with E-state index in [1.54, 1.807) is 0 Å². The molecule has 2 aromatic carbocycles. The number of para-hydroxylation sites is 1. The van der Waals surface area contributed by atoms with Gasteiger partial charge >= 0.3 is 6.36 Å². The second-order valence-electron chi connectivity index (χ2n) is 7.62. The molecule has 3 aromatic rings. The third-order valence-corrected chi connectivity index (χ3v) is 5.81. The van der Waals surface area contributed by atoms with Crippen molar-refractivity contribution in [2.75, 3.05) is 0 Å². The number of nitrogens with one attached hydrogen (secondary N) is 1. The third kappa shape index (κ3) is 3.03. The number of nitrogens with zero attached hydrogens (tertiary/aromatic N) is 1. The van der Waals surface area contributed by atoms with Crippen LogP contribution in [0.4, 0.5) is 13.2 Å². The van der Waals surface area contributed by atoms with E-state index in [4.69, 9.17) is 0 Å². The Hall–Kier alpha value is -3.29. The molecule has 30 heavy (non-hydrogen) atoms. The Morgan fingerprint density at radius 2 is 1.73 bits per heavy atom. The Bertz CT molecular complexity index is 1160. The monoisotopic (exact) mass is 414 g/mol. The van der Waals surface area contributed by atoms with Crippen LogP contribution in [0.2, 0.25) is 0 Å². The van der Waals surface area contributed by atoms with Gasteiger partial charge in [0.05, 0.1) is 17.4 Å². The zero-order chi connectivity index (χ0) is 21.0. The fourth-order valence-electron chi connectivity index (χ4n) is 4.65. The van der Waals surface area contributed by atoms with E-state index < -0.39 is 30.0 Å². The van der Waals surface area contributed by atoms with E-state index >= 15 is 0 Å². The third-order valence-electron chi connectivity index (χ3n) is 5.81. The van der Waals surface area contributed by atoms with Gasteiger partial charge in [0, 0.05) is 18.1 Å². The molecule has 0 spiro atoms. The first kappa shape index (κ1) is 18.7. The molecule has 0 unspecified atom stereocenters. The molecule has 0 aliphatic carbocycles. The highest BCUT2D eigenvalue weighted by Gasteiger charge is 2.45. The molecular formula is C22H17F3N2O3. The van der Waals surface area contributed by atoms with Gasteiger partial charge in [-0.3, -0.25) is 14.9 Å². The highest BCUT2D eigenvalue weighted by molar-refractivity contribution is 6.12. The number of ether oxygens (including phenoxy) is 1. The van der Waals surface area contributed by atoms with Gasteiger partial charge in [-0.1, -0.05) is 30.3 Å². The number of carbonyl (C=O) groups is 2. The van der Waals surface area contributed by atoms with Crippen molar-refractivity contribution in [3.63, 3.8) is 0 Å². The number of alkyl halides is 3. The number of benzene rings is 2. The molecule has 0 saturated carbocycles. The van der Waals surface area contributed by atoms with Crippen LogP contribution in [0.5, 0.6) is 5.75 Å². The lowest BCUT2D eigenvalue weighted by Gasteiger charge is -2.16. The Morgan fingerprint density at radius 1 is 1.00 bits per heavy atom. The van der Waals surface area contributed by atoms with Gasteiger partial charge < -0.3 is 9.30 Å². The first-order chi connectivity index (χ1) is 14.3. The van der Waals surface area contributed by atoms with E-state index in [0.717, 1.165) is 48.0 Å². The molecule has 2 atom stereocenters. The predicted octanol–water partition coefficient (Wildman–Crippen LogP) is 4.01. The Kier molecular flexibility index (Phi) is 4.13. The molecule has 2 aliphatic rings. The van der Waals surface area contributed by atoms with Crippen molar-refractivity contribution < 1.29 is 27.5 Å². The maximum atomic E-state index is 12.8. The van der Waals surface area contributed by atoms with Crippen LogP contribution in [-0.4, -0.2) is 22.7 Å². The van der Waals surface area contributed by atoms with Crippen LogP contribution in [0.25, 0.3) is 10.9 Å². The summed E-state index contributed by atoms with van der Waals surface area (Å²) in [4.78, 5) is 25.4. The highest BCUT2D eigenvalue weighted by Crippen LogP contribution is 2.43. The van der Waals surface area contributed by atoms with Gasteiger partial charge in [-0.05, 0) is 41.7 Å². The van der Waals surface area contributed by atoms with Gasteiger partial charge in [0.15, 0.2) is 0 Å². The second kappa shape index (κ2) is 6.62. The summed E-state index contributed by atoms with van der Waals surface area (Å²) in [5, 5.41) is 3.32. The standard InChI is InChI=1S/C22H17F3N2O3/c23-22(24,25)30-14-8-6-12(7-9-14)17-18(21(29)26-20(17)28)16-11-27-10-2-4-13-3-1-5-15(16)19(13)27/h1,3,5-9,11,17-18H,2,4,10H2,(H,26,28,29)/t17-,18-/m0/s1. The van der Waals surface area contributed by atoms with Crippen molar-refractivity contribution in [2.24, 2.45) is 0 Å². The molecule has 3 heterocycles. The van der Waals surface area contributed by atoms with Crippen molar-refractivity contribution in [3.05, 3.63) is 65.4 Å². The predicted molar refractivity (Wildman–Crippen MR) is 102 cm³/mol. The van der Waals surface area contributed by atoms with Crippen LogP contribution >= 0.6 is 0 Å². The summed E-state index contributed by atoms with van der Waals surface area (Å²) in [6.45, 7) is 0.837. The quantitative estimate of drug-likeness (QED) is 0.659. The molecule has 1 aromatic heterocycles. The van der Waals surface area contributed by atoms with Crippen LogP contribution in [0.3, 0.4) is 0 Å². The molecule has 1 saturated heterocycles. The van der Waals surface area contributed by atoms with E-state index in [0.29, 0.717) is 5.56 Å². The van der Waals surface area contributed by atoms with Crippen LogP contribution in [0.15, 0.2) is 48.7 Å². The summed E-state index contributed by atoms with van der Waals surface area (Å²) >= 11 is 0. The number of aromatic nitrogens is 1. The van der Waals surface area contributed by atoms with E-state index in [-0.39, 0.29) is 5.75 Å². The zero-order valence-corrected chi connectivity index (χ0v) is 15.7.